The maximum Gasteiger partial charge on any atom is 0.241 e. The Bertz CT molecular complexity index is 710. The van der Waals surface area contributed by atoms with Gasteiger partial charge in [0.15, 0.2) is 0 Å². The Hall–Kier alpha value is -1.64. The maximum atomic E-state index is 12.2. The van der Waals surface area contributed by atoms with Gasteiger partial charge in [-0.1, -0.05) is 15.9 Å². The van der Waals surface area contributed by atoms with Crippen molar-refractivity contribution in [2.75, 3.05) is 0 Å². The van der Waals surface area contributed by atoms with Crippen molar-refractivity contribution in [3.8, 4) is 0 Å². The number of benzene rings is 1. The summed E-state index contributed by atoms with van der Waals surface area (Å²) in [5.74, 6) is -1.17. The average molecular weight is 373 g/mol. The highest BCUT2D eigenvalue weighted by atomic mass is 79.9. The zero-order valence-corrected chi connectivity index (χ0v) is 13.1. The molecule has 2 rings (SSSR count). The third-order valence-corrected chi connectivity index (χ3v) is 4.70. The van der Waals surface area contributed by atoms with Crippen LogP contribution in [0.5, 0.6) is 0 Å². The molecular formula is C13H11BrNO5S-. The van der Waals surface area contributed by atoms with Crippen molar-refractivity contribution >= 4 is 31.9 Å². The molecule has 112 valence electrons. The predicted octanol–water partition coefficient (Wildman–Crippen LogP) is 1.20. The summed E-state index contributed by atoms with van der Waals surface area (Å²) in [6.45, 7) is 0. The van der Waals surface area contributed by atoms with Crippen molar-refractivity contribution in [3.63, 3.8) is 0 Å². The fraction of sp³-hybridized carbons (Fsp3) is 0.154. The van der Waals surface area contributed by atoms with Crippen LogP contribution in [0.1, 0.15) is 18.2 Å². The summed E-state index contributed by atoms with van der Waals surface area (Å²) in [5.41, 5.74) is 0. The number of carboxylic acid groups (broad SMARTS) is 1. The second-order valence-electron chi connectivity index (χ2n) is 4.22. The number of carbonyl (C=O) groups excluding carboxylic acids is 1. The first-order chi connectivity index (χ1) is 9.88. The molecule has 0 radical (unpaired) electrons. The number of carbonyl (C=O) groups is 1. The van der Waals surface area contributed by atoms with Crippen LogP contribution < -0.4 is 9.83 Å². The fourth-order valence-electron chi connectivity index (χ4n) is 1.73. The highest BCUT2D eigenvalue weighted by Crippen LogP contribution is 2.21. The van der Waals surface area contributed by atoms with Gasteiger partial charge in [0.2, 0.25) is 10.0 Å². The van der Waals surface area contributed by atoms with Gasteiger partial charge in [-0.25, -0.2) is 13.1 Å². The third-order valence-electron chi connectivity index (χ3n) is 2.68. The molecule has 1 heterocycles. The molecule has 21 heavy (non-hydrogen) atoms. The van der Waals surface area contributed by atoms with Crippen molar-refractivity contribution in [2.45, 2.75) is 17.4 Å². The van der Waals surface area contributed by atoms with E-state index in [0.29, 0.717) is 0 Å². The van der Waals surface area contributed by atoms with E-state index in [-0.39, 0.29) is 10.7 Å². The molecule has 0 spiro atoms. The molecule has 0 fully saturated rings. The summed E-state index contributed by atoms with van der Waals surface area (Å²) in [7, 11) is -3.87. The van der Waals surface area contributed by atoms with Crippen molar-refractivity contribution < 1.29 is 22.7 Å². The van der Waals surface area contributed by atoms with Crippen LogP contribution in [0.15, 0.2) is 56.4 Å². The summed E-state index contributed by atoms with van der Waals surface area (Å²) in [6, 6.07) is 7.99. The first-order valence-corrected chi connectivity index (χ1v) is 8.17. The Balaban J connectivity index is 2.27. The topological polar surface area (TPSA) is 99.4 Å². The molecule has 1 N–H and O–H groups in total. The van der Waals surface area contributed by atoms with Crippen LogP contribution in [0.4, 0.5) is 0 Å². The summed E-state index contributed by atoms with van der Waals surface area (Å²) in [4.78, 5) is 10.8. The van der Waals surface area contributed by atoms with Gasteiger partial charge in [-0.15, -0.1) is 0 Å². The van der Waals surface area contributed by atoms with E-state index >= 15 is 0 Å². The molecule has 1 aromatic heterocycles. The minimum atomic E-state index is -3.87. The van der Waals surface area contributed by atoms with Crippen molar-refractivity contribution in [2.24, 2.45) is 0 Å². The van der Waals surface area contributed by atoms with Crippen LogP contribution in [0.3, 0.4) is 0 Å². The fourth-order valence-corrected chi connectivity index (χ4v) is 3.19. The van der Waals surface area contributed by atoms with Gasteiger partial charge in [0.25, 0.3) is 0 Å². The van der Waals surface area contributed by atoms with Crippen molar-refractivity contribution in [1.29, 1.82) is 0 Å². The normalized spacial score (nSPS) is 13.0. The molecule has 8 heteroatoms. The largest absolute Gasteiger partial charge is 0.550 e. The van der Waals surface area contributed by atoms with Gasteiger partial charge in [-0.05, 0) is 36.4 Å². The van der Waals surface area contributed by atoms with Crippen LogP contribution in [-0.2, 0) is 14.8 Å². The van der Waals surface area contributed by atoms with E-state index in [2.05, 4.69) is 20.7 Å². The highest BCUT2D eigenvalue weighted by Gasteiger charge is 2.23. The molecule has 6 nitrogen and oxygen atoms in total. The van der Waals surface area contributed by atoms with Crippen molar-refractivity contribution in [1.82, 2.24) is 4.72 Å². The first-order valence-electron chi connectivity index (χ1n) is 5.89. The zero-order valence-electron chi connectivity index (χ0n) is 10.7. The Labute approximate surface area is 130 Å². The zero-order chi connectivity index (χ0) is 15.5. The molecule has 0 aliphatic rings. The molecule has 0 aliphatic carbocycles. The smallest absolute Gasteiger partial charge is 0.241 e. The standard InChI is InChI=1S/C13H12BrNO5S/c14-9-3-5-10(6-4-9)21(18,19)15-11(8-13(16)17)12-2-1-7-20-12/h1-7,11,15H,8H2,(H,16,17)/p-1. The number of furan rings is 1. The van der Waals surface area contributed by atoms with E-state index in [1.54, 1.807) is 18.2 Å². The van der Waals surface area contributed by atoms with E-state index in [4.69, 9.17) is 4.42 Å². The Morgan fingerprint density at radius 3 is 2.48 bits per heavy atom. The minimum absolute atomic E-state index is 0.0283. The molecular weight excluding hydrogens is 362 g/mol. The lowest BCUT2D eigenvalue weighted by Gasteiger charge is -2.17. The number of hydrogen-bond acceptors (Lipinski definition) is 5. The Kier molecular flexibility index (Phi) is 4.81. The van der Waals surface area contributed by atoms with Gasteiger partial charge in [-0.2, -0.15) is 0 Å². The number of rotatable bonds is 6. The maximum absolute atomic E-state index is 12.2. The lowest BCUT2D eigenvalue weighted by molar-refractivity contribution is -0.306. The van der Waals surface area contributed by atoms with Gasteiger partial charge in [0.05, 0.1) is 17.2 Å². The van der Waals surface area contributed by atoms with E-state index < -0.39 is 28.5 Å². The SMILES string of the molecule is O=C([O-])CC(NS(=O)(=O)c1ccc(Br)cc1)c1ccco1. The summed E-state index contributed by atoms with van der Waals surface area (Å²) in [5, 5.41) is 10.8. The molecule has 1 atom stereocenters. The molecule has 0 saturated heterocycles. The van der Waals surface area contributed by atoms with Crippen LogP contribution >= 0.6 is 15.9 Å². The Morgan fingerprint density at radius 1 is 1.29 bits per heavy atom. The molecule has 2 aromatic rings. The van der Waals surface area contributed by atoms with Crippen LogP contribution in [0, 0.1) is 0 Å². The highest BCUT2D eigenvalue weighted by molar-refractivity contribution is 9.10. The molecule has 1 aromatic carbocycles. The number of sulfonamides is 1. The van der Waals surface area contributed by atoms with Gasteiger partial charge in [0, 0.05) is 16.9 Å². The van der Waals surface area contributed by atoms with Crippen LogP contribution in [0.2, 0.25) is 0 Å². The number of nitrogens with one attached hydrogen (secondary N) is 1. The monoisotopic (exact) mass is 372 g/mol. The van der Waals surface area contributed by atoms with Crippen LogP contribution in [-0.4, -0.2) is 14.4 Å². The number of aliphatic carboxylic acids is 1. The summed E-state index contributed by atoms with van der Waals surface area (Å²) in [6.07, 6.45) is 0.814. The molecule has 0 bridgehead atoms. The second-order valence-corrected chi connectivity index (χ2v) is 6.85. The Morgan fingerprint density at radius 2 is 1.95 bits per heavy atom. The molecule has 0 aliphatic heterocycles. The van der Waals surface area contributed by atoms with Gasteiger partial charge in [-0.3, -0.25) is 0 Å². The number of hydrogen-bond donors (Lipinski definition) is 1. The van der Waals surface area contributed by atoms with E-state index in [1.807, 2.05) is 0 Å². The van der Waals surface area contributed by atoms with Gasteiger partial charge < -0.3 is 14.3 Å². The minimum Gasteiger partial charge on any atom is -0.550 e. The van der Waals surface area contributed by atoms with E-state index in [9.17, 15) is 18.3 Å². The first kappa shape index (κ1) is 15.7. The van der Waals surface area contributed by atoms with Crippen LogP contribution in [0.25, 0.3) is 0 Å². The third kappa shape index (κ3) is 4.16. The summed E-state index contributed by atoms with van der Waals surface area (Å²) < 4.78 is 32.6. The number of halogens is 1. The quantitative estimate of drug-likeness (QED) is 0.820. The van der Waals surface area contributed by atoms with Crippen molar-refractivity contribution in [3.05, 3.63) is 52.9 Å². The average Bonchev–Trinajstić information content (AvgIpc) is 2.91. The lowest BCUT2D eigenvalue weighted by atomic mass is 10.2. The lowest BCUT2D eigenvalue weighted by Crippen LogP contribution is -2.34. The molecule has 0 amide bonds. The summed E-state index contributed by atoms with van der Waals surface area (Å²) >= 11 is 3.21. The van der Waals surface area contributed by atoms with Gasteiger partial charge >= 0.3 is 0 Å². The van der Waals surface area contributed by atoms with E-state index in [0.717, 1.165) is 4.47 Å². The molecule has 0 saturated carbocycles. The van der Waals surface area contributed by atoms with Gasteiger partial charge in [0.1, 0.15) is 5.76 Å². The second kappa shape index (κ2) is 6.42. The predicted molar refractivity (Wildman–Crippen MR) is 75.5 cm³/mol. The number of carboxylic acids is 1. The molecule has 1 unspecified atom stereocenters. The van der Waals surface area contributed by atoms with E-state index in [1.165, 1.54) is 24.5 Å².